The van der Waals surface area contributed by atoms with Crippen molar-refractivity contribution in [2.24, 2.45) is 0 Å². The fourth-order valence-electron chi connectivity index (χ4n) is 4.09. The Balaban J connectivity index is 1.34. The Morgan fingerprint density at radius 2 is 1.91 bits per heavy atom. The largest absolute Gasteiger partial charge is 0.381 e. The predicted octanol–water partition coefficient (Wildman–Crippen LogP) is 1.89. The topological polar surface area (TPSA) is 91.0 Å². The Hall–Kier alpha value is -3.23. The SMILES string of the molecule is [2H]C1(N2Cc3c(NCc4cccc(CN5C([2H])([2H])C([2H])([2H])OC([2H])([2H])C5([2H])[2H])c4)cccc3C2=O)CCC(=O)NC1=O. The second-order valence-electron chi connectivity index (χ2n) is 7.84. The van der Waals surface area contributed by atoms with Gasteiger partial charge in [0.25, 0.3) is 5.91 Å². The van der Waals surface area contributed by atoms with Gasteiger partial charge in [-0.25, -0.2) is 0 Å². The summed E-state index contributed by atoms with van der Waals surface area (Å²) in [4.78, 5) is 38.9. The summed E-state index contributed by atoms with van der Waals surface area (Å²) in [5, 5.41) is 5.36. The Bertz CT molecular complexity index is 1450. The van der Waals surface area contributed by atoms with E-state index in [0.717, 1.165) is 4.90 Å². The van der Waals surface area contributed by atoms with Crippen LogP contribution in [0, 0.1) is 0 Å². The third-order valence-corrected chi connectivity index (χ3v) is 5.68. The highest BCUT2D eigenvalue weighted by molar-refractivity contribution is 6.06. The molecule has 3 amide bonds. The van der Waals surface area contributed by atoms with Crippen molar-refractivity contribution < 1.29 is 31.5 Å². The highest BCUT2D eigenvalue weighted by Crippen LogP contribution is 2.32. The highest BCUT2D eigenvalue weighted by Gasteiger charge is 2.39. The number of fused-ring (bicyclic) bond motifs is 1. The molecular weight excluding hydrogens is 420 g/mol. The molecule has 3 aliphatic heterocycles. The number of rotatable bonds is 6. The van der Waals surface area contributed by atoms with Gasteiger partial charge in [0.1, 0.15) is 6.02 Å². The second-order valence-corrected chi connectivity index (χ2v) is 7.84. The van der Waals surface area contributed by atoms with Crippen molar-refractivity contribution in [1.29, 1.82) is 0 Å². The number of morpholine rings is 1. The van der Waals surface area contributed by atoms with Crippen LogP contribution in [0.15, 0.2) is 42.5 Å². The number of hydrogen-bond acceptors (Lipinski definition) is 6. The molecule has 2 saturated heterocycles. The van der Waals surface area contributed by atoms with Gasteiger partial charge in [0.05, 0.1) is 20.0 Å². The van der Waals surface area contributed by atoms with E-state index in [0.29, 0.717) is 32.8 Å². The summed E-state index contributed by atoms with van der Waals surface area (Å²) in [5.41, 5.74) is 2.55. The fraction of sp³-hybridized carbons (Fsp3) is 0.400. The number of amides is 3. The van der Waals surface area contributed by atoms with E-state index in [1.165, 1.54) is 0 Å². The molecule has 0 aliphatic carbocycles. The van der Waals surface area contributed by atoms with Crippen molar-refractivity contribution in [3.05, 3.63) is 64.7 Å². The number of carbonyl (C=O) groups excluding carboxylic acids is 3. The van der Waals surface area contributed by atoms with Gasteiger partial charge in [0.2, 0.25) is 11.8 Å². The van der Waals surface area contributed by atoms with Crippen LogP contribution in [0.5, 0.6) is 0 Å². The number of benzene rings is 2. The van der Waals surface area contributed by atoms with Crippen molar-refractivity contribution >= 4 is 23.4 Å². The first-order valence-corrected chi connectivity index (χ1v) is 10.5. The first-order valence-electron chi connectivity index (χ1n) is 15.0. The Morgan fingerprint density at radius 1 is 1.12 bits per heavy atom. The number of hydrogen-bond donors (Lipinski definition) is 2. The van der Waals surface area contributed by atoms with Gasteiger partial charge in [0.15, 0.2) is 0 Å². The summed E-state index contributed by atoms with van der Waals surface area (Å²) in [6, 6.07) is 9.70. The Morgan fingerprint density at radius 3 is 2.73 bits per heavy atom. The van der Waals surface area contributed by atoms with E-state index < -0.39 is 56.4 Å². The third-order valence-electron chi connectivity index (χ3n) is 5.68. The molecule has 2 aromatic rings. The van der Waals surface area contributed by atoms with Gasteiger partial charge in [-0.2, -0.15) is 0 Å². The molecule has 0 radical (unpaired) electrons. The van der Waals surface area contributed by atoms with Gasteiger partial charge in [-0.15, -0.1) is 0 Å². The molecular formula is C25H28N4O4. The summed E-state index contributed by atoms with van der Waals surface area (Å²) >= 11 is 0. The Kier molecular flexibility index (Phi) is 3.81. The van der Waals surface area contributed by atoms with Gasteiger partial charge in [0, 0.05) is 61.3 Å². The van der Waals surface area contributed by atoms with Crippen molar-refractivity contribution in [3.63, 3.8) is 0 Å². The van der Waals surface area contributed by atoms with Gasteiger partial charge in [-0.3, -0.25) is 24.6 Å². The zero-order valence-electron chi connectivity index (χ0n) is 26.6. The molecule has 1 atom stereocenters. The van der Waals surface area contributed by atoms with Gasteiger partial charge in [-0.1, -0.05) is 30.3 Å². The van der Waals surface area contributed by atoms with Crippen LogP contribution in [0.3, 0.4) is 0 Å². The normalized spacial score (nSPS) is 33.5. The van der Waals surface area contributed by atoms with Gasteiger partial charge < -0.3 is 15.0 Å². The lowest BCUT2D eigenvalue weighted by molar-refractivity contribution is -0.136. The van der Waals surface area contributed by atoms with E-state index in [1.807, 2.05) is 0 Å². The Labute approximate surface area is 205 Å². The maximum absolute atomic E-state index is 13.2. The number of nitrogens with zero attached hydrogens (tertiary/aromatic N) is 2. The maximum Gasteiger partial charge on any atom is 0.255 e. The number of ether oxygens (including phenoxy) is 1. The molecule has 0 aromatic heterocycles. The minimum atomic E-state index is -3.13. The number of piperidine rings is 1. The van der Waals surface area contributed by atoms with Crippen LogP contribution in [0.2, 0.25) is 0 Å². The summed E-state index contributed by atoms with van der Waals surface area (Å²) in [7, 11) is 0. The lowest BCUT2D eigenvalue weighted by Gasteiger charge is -2.29. The van der Waals surface area contributed by atoms with Crippen LogP contribution in [-0.2, 0) is 34.0 Å². The molecule has 2 N–H and O–H groups in total. The summed E-state index contributed by atoms with van der Waals surface area (Å²) in [5.74, 6) is -1.83. The van der Waals surface area contributed by atoms with Crippen LogP contribution >= 0.6 is 0 Å². The number of carbonyl (C=O) groups is 3. The van der Waals surface area contributed by atoms with Crippen molar-refractivity contribution in [3.8, 4) is 0 Å². The number of imide groups is 1. The molecule has 0 saturated carbocycles. The molecule has 2 fully saturated rings. The van der Waals surface area contributed by atoms with Crippen LogP contribution in [-0.4, -0.2) is 59.7 Å². The molecule has 33 heavy (non-hydrogen) atoms. The lowest BCUT2D eigenvalue weighted by Crippen LogP contribution is -2.52. The van der Waals surface area contributed by atoms with Crippen LogP contribution in [0.1, 0.15) is 52.2 Å². The summed E-state index contributed by atoms with van der Waals surface area (Å²) < 4.78 is 77.6. The fourth-order valence-corrected chi connectivity index (χ4v) is 4.09. The summed E-state index contributed by atoms with van der Waals surface area (Å²) in [6.07, 6.45) is -0.172. The van der Waals surface area contributed by atoms with Gasteiger partial charge >= 0.3 is 0 Å². The van der Waals surface area contributed by atoms with Crippen molar-refractivity contribution in [2.75, 3.05) is 31.4 Å². The number of anilines is 1. The van der Waals surface area contributed by atoms with E-state index in [-0.39, 0.29) is 25.9 Å². The number of nitrogens with one attached hydrogen (secondary N) is 2. The third kappa shape index (κ3) is 4.62. The molecule has 3 heterocycles. The quantitative estimate of drug-likeness (QED) is 0.644. The molecule has 5 rings (SSSR count). The van der Waals surface area contributed by atoms with E-state index in [2.05, 4.69) is 15.4 Å². The molecule has 172 valence electrons. The zero-order chi connectivity index (χ0) is 30.9. The molecule has 3 aliphatic rings. The van der Waals surface area contributed by atoms with E-state index in [1.54, 1.807) is 42.5 Å². The minimum absolute atomic E-state index is 0.0202. The molecule has 1 unspecified atom stereocenters. The zero-order valence-corrected chi connectivity index (χ0v) is 17.6. The lowest BCUT2D eigenvalue weighted by atomic mass is 10.0. The second kappa shape index (κ2) is 9.33. The molecule has 8 nitrogen and oxygen atoms in total. The van der Waals surface area contributed by atoms with Crippen molar-refractivity contribution in [2.45, 2.75) is 38.5 Å². The first kappa shape index (κ1) is 13.5. The molecule has 2 aromatic carbocycles. The highest BCUT2D eigenvalue weighted by atomic mass is 16.5. The van der Waals surface area contributed by atoms with Crippen LogP contribution in [0.4, 0.5) is 5.69 Å². The van der Waals surface area contributed by atoms with E-state index in [4.69, 9.17) is 12.3 Å². The first-order chi connectivity index (χ1) is 19.4. The van der Waals surface area contributed by atoms with Crippen LogP contribution < -0.4 is 10.6 Å². The van der Waals surface area contributed by atoms with Crippen LogP contribution in [0.25, 0.3) is 0 Å². The van der Waals surface area contributed by atoms with Gasteiger partial charge in [-0.05, 0) is 29.7 Å². The average Bonchev–Trinajstić information content (AvgIpc) is 3.24. The van der Waals surface area contributed by atoms with E-state index in [9.17, 15) is 14.4 Å². The minimum Gasteiger partial charge on any atom is -0.381 e. The monoisotopic (exact) mass is 457 g/mol. The smallest absolute Gasteiger partial charge is 0.255 e. The van der Waals surface area contributed by atoms with E-state index >= 15 is 0 Å². The molecule has 8 heteroatoms. The van der Waals surface area contributed by atoms with Crippen molar-refractivity contribution in [1.82, 2.24) is 15.1 Å². The average molecular weight is 458 g/mol. The molecule has 0 bridgehead atoms. The molecule has 0 spiro atoms. The predicted molar refractivity (Wildman–Crippen MR) is 122 cm³/mol. The summed E-state index contributed by atoms with van der Waals surface area (Å²) in [6.45, 7) is -12.5. The standard InChI is InChI=1S/C25H28N4O4/c30-23-8-7-22(24(31)27-23)29-16-20-19(25(29)32)5-2-6-21(20)26-14-17-3-1-4-18(13-17)15-28-9-11-33-12-10-28/h1-6,13,22,26H,7-12,14-16H2,(H,27,30,31)/i9D2,10D2,11D2,12D2,22D. The maximum atomic E-state index is 13.2.